The van der Waals surface area contributed by atoms with Crippen LogP contribution < -0.4 is 53.0 Å². The standard InChI is InChI=1S/C76H102N14O14/c1-6-7-12-29-80-70-69-61(84-73(77)86-70)27-32-88(69)46-58-22-19-55(44-64(58)98-5)45-87-49-76(50-87)51-89(33-36-104-76)75(97)103-48-54-20-23-59(24-21-54)82-71(94)62(17-13-30-81-74(78)96)83-72(95)68(52(2)3)85-66(92)28-34-99-37-39-101-41-42-102-40-38-100-35-31-79-65(91)25-26-67(93)90-47-57-15-8-10-16-60(57)53(4)43-56-14-9-11-18-63(56)90/h8-11,14-16,18-24,27,32,44,52,62,68H,4,6-7,12-13,17,25-26,28-31,33-43,45-51H2,1-3,5H3,(H,79,91)(H,82,94)(H,83,95)(H,85,92)(H3,78,81,96)(H3,77,80,84,86)/t62-,68-/m0/s1. The second-order valence-corrected chi connectivity index (χ2v) is 26.6. The second kappa shape index (κ2) is 39.8. The van der Waals surface area contributed by atoms with E-state index in [-0.39, 0.29) is 88.9 Å². The van der Waals surface area contributed by atoms with E-state index in [1.165, 1.54) is 0 Å². The van der Waals surface area contributed by atoms with Gasteiger partial charge in [0, 0.05) is 88.2 Å². The minimum absolute atomic E-state index is 0.0155. The Balaban J connectivity index is 0.620. The number of unbranched alkanes of at least 4 members (excludes halogenated alkanes) is 2. The van der Waals surface area contributed by atoms with Crippen LogP contribution in [0, 0.1) is 5.92 Å². The number of allylic oxidation sites excluding steroid dienone is 1. The largest absolute Gasteiger partial charge is 0.496 e. The average Bonchev–Trinajstić information content (AvgIpc) is 1.02. The number of primary amides is 1. The monoisotopic (exact) mass is 1430 g/mol. The van der Waals surface area contributed by atoms with Gasteiger partial charge in [-0.1, -0.05) is 107 Å². The molecule has 1 spiro atoms. The van der Waals surface area contributed by atoms with Crippen LogP contribution in [0.15, 0.2) is 110 Å². The Hall–Kier alpha value is -9.71. The lowest BCUT2D eigenvalue weighted by atomic mass is 9.91. The van der Waals surface area contributed by atoms with E-state index in [4.69, 9.17) is 44.6 Å². The maximum Gasteiger partial charge on any atom is 0.410 e. The number of morpholine rings is 1. The van der Waals surface area contributed by atoms with Crippen LogP contribution in [0.4, 0.5) is 32.7 Å². The highest BCUT2D eigenvalue weighted by Crippen LogP contribution is 2.35. The summed E-state index contributed by atoms with van der Waals surface area (Å²) in [6.07, 6.45) is 5.93. The van der Waals surface area contributed by atoms with Gasteiger partial charge in [-0.05, 0) is 95.3 Å². The third-order valence-corrected chi connectivity index (χ3v) is 18.2. The molecule has 2 atom stereocenters. The number of methoxy groups -OCH3 is 1. The van der Waals surface area contributed by atoms with Gasteiger partial charge < -0.3 is 90.9 Å². The number of urea groups is 1. The fourth-order valence-corrected chi connectivity index (χ4v) is 12.8. The number of nitrogens with one attached hydrogen (secondary N) is 6. The van der Waals surface area contributed by atoms with Gasteiger partial charge in [0.15, 0.2) is 5.82 Å². The number of fused-ring (bicyclic) bond motifs is 3. The Morgan fingerprint density at radius 2 is 1.42 bits per heavy atom. The maximum absolute atomic E-state index is 13.8. The molecule has 4 aromatic carbocycles. The number of nitrogens with zero attached hydrogens (tertiary/aromatic N) is 6. The summed E-state index contributed by atoms with van der Waals surface area (Å²) < 4.78 is 42.5. The number of hydrogen-bond acceptors (Lipinski definition) is 19. The van der Waals surface area contributed by atoms with Gasteiger partial charge in [-0.3, -0.25) is 28.9 Å². The number of likely N-dealkylation sites (tertiary alicyclic amines) is 1. The van der Waals surface area contributed by atoms with Crippen LogP contribution >= 0.6 is 0 Å². The molecule has 2 aromatic heterocycles. The zero-order chi connectivity index (χ0) is 73.8. The SMILES string of the molecule is C=C1Cc2ccccc2N(C(=O)CCC(=O)NCCOCCOCCOCCOCCC(=O)N[C@H](C(=O)N[C@@H](CCCNC(N)=O)C(=O)Nc2ccc(COC(=O)N3CCOC4(CN(Cc5ccc(Cn6ccc7nc(N)nc(NCCCCC)c76)c(OC)c5)C4)C3)cc2)C(C)C)Cc2ccccc21. The molecule has 0 bridgehead atoms. The van der Waals surface area contributed by atoms with Crippen LogP contribution in [0.1, 0.15) is 106 Å². The van der Waals surface area contributed by atoms with Gasteiger partial charge in [0.1, 0.15) is 35.6 Å². The molecule has 3 aliphatic rings. The quantitative estimate of drug-likeness (QED) is 0.0178. The first kappa shape index (κ1) is 78.4. The topological polar surface area (TPSA) is 349 Å². The van der Waals surface area contributed by atoms with Crippen LogP contribution in [0.25, 0.3) is 16.6 Å². The molecule has 9 rings (SSSR count). The first-order valence-electron chi connectivity index (χ1n) is 35.9. The lowest BCUT2D eigenvalue weighted by Gasteiger charge is -2.53. The Morgan fingerprint density at radius 3 is 2.15 bits per heavy atom. The van der Waals surface area contributed by atoms with E-state index in [0.29, 0.717) is 115 Å². The van der Waals surface area contributed by atoms with Crippen LogP contribution in [0.5, 0.6) is 5.75 Å². The summed E-state index contributed by atoms with van der Waals surface area (Å²) in [6.45, 7) is 17.3. The number of benzene rings is 4. The van der Waals surface area contributed by atoms with Crippen molar-refractivity contribution in [2.75, 3.05) is 134 Å². The lowest BCUT2D eigenvalue weighted by Crippen LogP contribution is -2.70. The number of aromatic nitrogens is 3. The molecule has 10 N–H and O–H groups in total. The molecule has 6 aromatic rings. The second-order valence-electron chi connectivity index (χ2n) is 26.6. The Bertz CT molecular complexity index is 3860. The third-order valence-electron chi connectivity index (χ3n) is 18.2. The molecular formula is C76H102N14O14. The van der Waals surface area contributed by atoms with Gasteiger partial charge >= 0.3 is 12.1 Å². The normalized spacial score (nSPS) is 14.6. The molecule has 104 heavy (non-hydrogen) atoms. The van der Waals surface area contributed by atoms with Crippen LogP contribution in [0.2, 0.25) is 0 Å². The average molecular weight is 1440 g/mol. The van der Waals surface area contributed by atoms with Crippen LogP contribution in [0.3, 0.4) is 0 Å². The number of hydrogen-bond donors (Lipinski definition) is 8. The molecule has 28 heteroatoms. The van der Waals surface area contributed by atoms with E-state index in [1.807, 2.05) is 60.8 Å². The maximum atomic E-state index is 13.8. The fourth-order valence-electron chi connectivity index (χ4n) is 12.8. The first-order valence-corrected chi connectivity index (χ1v) is 35.9. The van der Waals surface area contributed by atoms with Gasteiger partial charge in [0.25, 0.3) is 0 Å². The van der Waals surface area contributed by atoms with Crippen molar-refractivity contribution in [3.05, 3.63) is 143 Å². The molecule has 0 radical (unpaired) electrons. The summed E-state index contributed by atoms with van der Waals surface area (Å²) >= 11 is 0. The molecule has 5 heterocycles. The predicted octanol–water partition coefficient (Wildman–Crippen LogP) is 7.06. The Labute approximate surface area is 607 Å². The first-order chi connectivity index (χ1) is 50.4. The summed E-state index contributed by atoms with van der Waals surface area (Å²) in [5.74, 6) is -0.538. The van der Waals surface area contributed by atoms with Crippen molar-refractivity contribution in [1.82, 2.24) is 45.6 Å². The molecule has 28 nitrogen and oxygen atoms in total. The molecule has 8 amide bonds. The lowest BCUT2D eigenvalue weighted by molar-refractivity contribution is -0.181. The van der Waals surface area contributed by atoms with Crippen molar-refractivity contribution < 1.29 is 66.7 Å². The molecule has 2 fully saturated rings. The summed E-state index contributed by atoms with van der Waals surface area (Å²) in [4.78, 5) is 107. The fraction of sp³-hybridized carbons (Fsp3) is 0.487. The number of nitrogens with two attached hydrogens (primary N) is 2. The number of carbonyl (C=O) groups excluding carboxylic acids is 7. The van der Waals surface area contributed by atoms with Crippen molar-refractivity contribution in [2.45, 2.75) is 122 Å². The number of rotatable bonds is 40. The number of para-hydroxylation sites is 1. The number of anilines is 4. The van der Waals surface area contributed by atoms with E-state index in [9.17, 15) is 33.6 Å². The molecule has 0 aliphatic carbocycles. The molecule has 3 aliphatic heterocycles. The number of amides is 8. The zero-order valence-electron chi connectivity index (χ0n) is 60.3. The minimum Gasteiger partial charge on any atom is -0.496 e. The van der Waals surface area contributed by atoms with E-state index in [1.54, 1.807) is 55.0 Å². The van der Waals surface area contributed by atoms with E-state index in [2.05, 4.69) is 83.0 Å². The molecule has 0 unspecified atom stereocenters. The summed E-state index contributed by atoms with van der Waals surface area (Å²) in [5, 5.41) is 17.2. The van der Waals surface area contributed by atoms with Crippen molar-refractivity contribution in [3.63, 3.8) is 0 Å². The molecular weight excluding hydrogens is 1330 g/mol. The van der Waals surface area contributed by atoms with Crippen molar-refractivity contribution >= 4 is 81.4 Å². The van der Waals surface area contributed by atoms with Crippen LogP contribution in [-0.2, 0) is 85.1 Å². The van der Waals surface area contributed by atoms with Gasteiger partial charge in [-0.15, -0.1) is 0 Å². The summed E-state index contributed by atoms with van der Waals surface area (Å²) in [6, 6.07) is 28.0. The van der Waals surface area contributed by atoms with Crippen molar-refractivity contribution in [3.8, 4) is 5.75 Å². The van der Waals surface area contributed by atoms with Gasteiger partial charge in [-0.25, -0.2) is 14.6 Å². The zero-order valence-corrected chi connectivity index (χ0v) is 60.3. The van der Waals surface area contributed by atoms with Crippen molar-refractivity contribution in [1.29, 1.82) is 0 Å². The minimum atomic E-state index is -1.06. The molecule has 560 valence electrons. The summed E-state index contributed by atoms with van der Waals surface area (Å²) in [7, 11) is 1.67. The molecule has 0 saturated carbocycles. The van der Waals surface area contributed by atoms with E-state index >= 15 is 0 Å². The predicted molar refractivity (Wildman–Crippen MR) is 395 cm³/mol. The van der Waals surface area contributed by atoms with Crippen LogP contribution in [-0.4, -0.2) is 196 Å². The highest BCUT2D eigenvalue weighted by atomic mass is 16.6. The summed E-state index contributed by atoms with van der Waals surface area (Å²) in [5.41, 5.74) is 20.6. The Kier molecular flexibility index (Phi) is 30.0. The number of ether oxygens (including phenoxy) is 7. The molecule has 2 saturated heterocycles. The Morgan fingerprint density at radius 1 is 0.712 bits per heavy atom. The van der Waals surface area contributed by atoms with Gasteiger partial charge in [-0.2, -0.15) is 4.98 Å². The van der Waals surface area contributed by atoms with Crippen molar-refractivity contribution in [2.24, 2.45) is 11.7 Å². The van der Waals surface area contributed by atoms with Gasteiger partial charge in [0.2, 0.25) is 35.5 Å². The number of nitrogen functional groups attached to an aromatic ring is 1. The van der Waals surface area contributed by atoms with E-state index in [0.717, 1.165) is 81.7 Å². The highest BCUT2D eigenvalue weighted by molar-refractivity contribution is 5.99. The highest BCUT2D eigenvalue weighted by Gasteiger charge is 2.48. The van der Waals surface area contributed by atoms with Gasteiger partial charge in [0.05, 0.1) is 91.7 Å². The van der Waals surface area contributed by atoms with E-state index < -0.39 is 47.5 Å². The smallest absolute Gasteiger partial charge is 0.410 e. The number of carbonyl (C=O) groups is 7. The third kappa shape index (κ3) is 23.4.